The molecule has 9 heteroatoms. The van der Waals surface area contributed by atoms with Gasteiger partial charge in [0.05, 0.1) is 50.2 Å². The Bertz CT molecular complexity index is 1150. The average molecular weight is 433 g/mol. The van der Waals surface area contributed by atoms with Crippen LogP contribution in [-0.2, 0) is 20.8 Å². The van der Waals surface area contributed by atoms with Gasteiger partial charge in [0, 0.05) is 5.57 Å². The quantitative estimate of drug-likeness (QED) is 0.180. The number of carbonyl (C=O) groups is 2. The van der Waals surface area contributed by atoms with Crippen LogP contribution < -0.4 is 5.84 Å². The molecule has 1 aromatic carbocycles. The first-order chi connectivity index (χ1) is 15.4. The molecule has 0 spiro atoms. The number of hydrogen-bond donors (Lipinski definition) is 1. The van der Waals surface area contributed by atoms with E-state index in [0.717, 1.165) is 5.69 Å². The predicted molar refractivity (Wildman–Crippen MR) is 118 cm³/mol. The van der Waals surface area contributed by atoms with Crippen molar-refractivity contribution in [2.45, 2.75) is 6.54 Å². The normalized spacial score (nSPS) is 11.0. The van der Waals surface area contributed by atoms with Gasteiger partial charge in [0.1, 0.15) is 5.69 Å². The molecule has 2 heterocycles. The number of carbonyl (C=O) groups excluding carboxylic acids is 2. The van der Waals surface area contributed by atoms with E-state index in [1.807, 2.05) is 30.3 Å². The topological polar surface area (TPSA) is 113 Å². The monoisotopic (exact) mass is 433 g/mol. The number of nitrogens with zero attached hydrogens (tertiary/aromatic N) is 4. The summed E-state index contributed by atoms with van der Waals surface area (Å²) >= 11 is 0. The number of hydrogen-bond acceptors (Lipinski definition) is 8. The predicted octanol–water partition coefficient (Wildman–Crippen LogP) is 2.50. The van der Waals surface area contributed by atoms with Crippen molar-refractivity contribution >= 4 is 17.3 Å². The molecule has 0 saturated heterocycles. The van der Waals surface area contributed by atoms with Crippen molar-refractivity contribution in [3.8, 4) is 5.69 Å². The van der Waals surface area contributed by atoms with E-state index < -0.39 is 11.8 Å². The zero-order chi connectivity index (χ0) is 23.1. The molecule has 0 fully saturated rings. The van der Waals surface area contributed by atoms with Crippen LogP contribution in [0.4, 0.5) is 0 Å². The van der Waals surface area contributed by atoms with E-state index >= 15 is 0 Å². The molecule has 0 amide bonds. The van der Waals surface area contributed by atoms with Crippen molar-refractivity contribution < 1.29 is 19.1 Å². The third kappa shape index (κ3) is 5.08. The van der Waals surface area contributed by atoms with Crippen molar-refractivity contribution in [2.75, 3.05) is 14.2 Å². The highest BCUT2D eigenvalue weighted by Crippen LogP contribution is 2.21. The molecule has 0 bridgehead atoms. The molecule has 32 heavy (non-hydrogen) atoms. The highest BCUT2D eigenvalue weighted by atomic mass is 16.5. The minimum absolute atomic E-state index is 0.0116. The SMILES string of the molecule is C=C(C(=O)/C(=C\N(N)Cc1cccc(C(=O)OC)n1)OC)c1ccnn1-c1ccccc1. The van der Waals surface area contributed by atoms with Crippen molar-refractivity contribution in [3.63, 3.8) is 0 Å². The van der Waals surface area contributed by atoms with E-state index in [1.165, 1.54) is 31.5 Å². The highest BCUT2D eigenvalue weighted by molar-refractivity contribution is 6.26. The Kier molecular flexibility index (Phi) is 7.14. The number of para-hydroxylation sites is 1. The molecule has 164 valence electrons. The van der Waals surface area contributed by atoms with Crippen LogP contribution in [0.2, 0.25) is 0 Å². The number of benzene rings is 1. The van der Waals surface area contributed by atoms with Gasteiger partial charge in [0.15, 0.2) is 5.76 Å². The molecule has 3 rings (SSSR count). The molecule has 0 atom stereocenters. The molecule has 0 aliphatic heterocycles. The molecule has 2 N–H and O–H groups in total. The molecular formula is C23H23N5O4. The minimum Gasteiger partial charge on any atom is -0.491 e. The zero-order valence-corrected chi connectivity index (χ0v) is 17.8. The van der Waals surface area contributed by atoms with Crippen LogP contribution in [0.1, 0.15) is 21.9 Å². The number of ether oxygens (including phenoxy) is 2. The maximum atomic E-state index is 13.0. The fourth-order valence-corrected chi connectivity index (χ4v) is 2.95. The minimum atomic E-state index is -0.551. The van der Waals surface area contributed by atoms with E-state index in [9.17, 15) is 9.59 Å². The molecule has 0 radical (unpaired) electrons. The highest BCUT2D eigenvalue weighted by Gasteiger charge is 2.20. The summed E-state index contributed by atoms with van der Waals surface area (Å²) < 4.78 is 11.6. The number of rotatable bonds is 9. The lowest BCUT2D eigenvalue weighted by Crippen LogP contribution is -2.27. The summed E-state index contributed by atoms with van der Waals surface area (Å²) in [5.41, 5.74) is 2.18. The Morgan fingerprint density at radius 2 is 1.84 bits per heavy atom. The summed E-state index contributed by atoms with van der Waals surface area (Å²) in [5.74, 6) is 5.03. The van der Waals surface area contributed by atoms with E-state index in [2.05, 4.69) is 21.4 Å². The fourth-order valence-electron chi connectivity index (χ4n) is 2.95. The molecule has 0 aliphatic carbocycles. The summed E-state index contributed by atoms with van der Waals surface area (Å²) in [6.45, 7) is 4.05. The molecule has 9 nitrogen and oxygen atoms in total. The van der Waals surface area contributed by atoms with Crippen molar-refractivity contribution in [2.24, 2.45) is 5.84 Å². The largest absolute Gasteiger partial charge is 0.491 e. The Balaban J connectivity index is 1.78. The Hall–Kier alpha value is -4.24. The number of Topliss-reactive ketones (excluding diaryl/α,β-unsaturated/α-hetero) is 1. The van der Waals surface area contributed by atoms with E-state index in [-0.39, 0.29) is 23.6 Å². The molecule has 0 aliphatic rings. The molecule has 0 saturated carbocycles. The first-order valence-electron chi connectivity index (χ1n) is 9.59. The Morgan fingerprint density at radius 3 is 2.53 bits per heavy atom. The third-order valence-corrected chi connectivity index (χ3v) is 4.50. The van der Waals surface area contributed by atoms with Gasteiger partial charge < -0.3 is 14.5 Å². The van der Waals surface area contributed by atoms with Gasteiger partial charge in [0.2, 0.25) is 5.78 Å². The number of nitrogens with two attached hydrogens (primary N) is 1. The van der Waals surface area contributed by atoms with E-state index in [0.29, 0.717) is 11.4 Å². The fraction of sp³-hybridized carbons (Fsp3) is 0.130. The first-order valence-corrected chi connectivity index (χ1v) is 9.59. The molecule has 0 unspecified atom stereocenters. The van der Waals surface area contributed by atoms with Crippen molar-refractivity contribution in [1.82, 2.24) is 19.8 Å². The number of aromatic nitrogens is 3. The molecule has 2 aromatic heterocycles. The van der Waals surface area contributed by atoms with Gasteiger partial charge in [-0.1, -0.05) is 30.8 Å². The number of esters is 1. The summed E-state index contributed by atoms with van der Waals surface area (Å²) in [5, 5.41) is 5.52. The standard InChI is InChI=1S/C23H23N5O4/c1-16(20-12-13-25-28(20)18-9-5-4-6-10-18)22(29)21(31-2)15-27(24)14-17-8-7-11-19(26-17)23(30)32-3/h4-13,15H,1,14,24H2,2-3H3/b21-15+. The summed E-state index contributed by atoms with van der Waals surface area (Å²) in [4.78, 5) is 28.9. The van der Waals surface area contributed by atoms with Gasteiger partial charge in [-0.15, -0.1) is 0 Å². The second-order valence-electron chi connectivity index (χ2n) is 6.65. The lowest BCUT2D eigenvalue weighted by Gasteiger charge is -2.16. The second-order valence-corrected chi connectivity index (χ2v) is 6.65. The Labute approximate surface area is 185 Å². The number of methoxy groups -OCH3 is 2. The van der Waals surface area contributed by atoms with Crippen LogP contribution in [-0.4, -0.2) is 45.7 Å². The third-order valence-electron chi connectivity index (χ3n) is 4.50. The van der Waals surface area contributed by atoms with Gasteiger partial charge in [-0.2, -0.15) is 5.10 Å². The van der Waals surface area contributed by atoms with Gasteiger partial charge in [-0.05, 0) is 30.3 Å². The summed E-state index contributed by atoms with van der Waals surface area (Å²) in [6, 6.07) is 16.0. The van der Waals surface area contributed by atoms with Gasteiger partial charge in [0.25, 0.3) is 0 Å². The molecular weight excluding hydrogens is 410 g/mol. The van der Waals surface area contributed by atoms with Gasteiger partial charge >= 0.3 is 5.97 Å². The number of pyridine rings is 1. The lowest BCUT2D eigenvalue weighted by molar-refractivity contribution is -0.113. The van der Waals surface area contributed by atoms with E-state index in [4.69, 9.17) is 10.6 Å². The van der Waals surface area contributed by atoms with Crippen LogP contribution >= 0.6 is 0 Å². The van der Waals surface area contributed by atoms with Crippen LogP contribution in [0.3, 0.4) is 0 Å². The molecule has 3 aromatic rings. The maximum absolute atomic E-state index is 13.0. The first kappa shape index (κ1) is 22.4. The Morgan fingerprint density at radius 1 is 1.09 bits per heavy atom. The number of hydrazine groups is 1. The summed E-state index contributed by atoms with van der Waals surface area (Å²) in [7, 11) is 2.65. The van der Waals surface area contributed by atoms with E-state index in [1.54, 1.807) is 29.1 Å². The van der Waals surface area contributed by atoms with Crippen LogP contribution in [0.5, 0.6) is 0 Å². The summed E-state index contributed by atoms with van der Waals surface area (Å²) in [6.07, 6.45) is 2.94. The van der Waals surface area contributed by atoms with Crippen LogP contribution in [0.25, 0.3) is 11.3 Å². The van der Waals surface area contributed by atoms with Gasteiger partial charge in [-0.3, -0.25) is 4.79 Å². The second kappa shape index (κ2) is 10.2. The van der Waals surface area contributed by atoms with Gasteiger partial charge in [-0.25, -0.2) is 20.3 Å². The lowest BCUT2D eigenvalue weighted by atomic mass is 10.1. The maximum Gasteiger partial charge on any atom is 0.356 e. The van der Waals surface area contributed by atoms with Crippen molar-refractivity contribution in [1.29, 1.82) is 0 Å². The number of ketones is 1. The average Bonchev–Trinajstić information content (AvgIpc) is 3.31. The zero-order valence-electron chi connectivity index (χ0n) is 17.8. The van der Waals surface area contributed by atoms with Crippen LogP contribution in [0.15, 0.2) is 79.3 Å². The smallest absolute Gasteiger partial charge is 0.356 e. The number of allylic oxidation sites excluding steroid dienone is 1. The van der Waals surface area contributed by atoms with Crippen molar-refractivity contribution in [3.05, 3.63) is 96.4 Å². The van der Waals surface area contributed by atoms with Crippen LogP contribution in [0, 0.1) is 0 Å².